The van der Waals surface area contributed by atoms with Crippen molar-refractivity contribution in [1.82, 2.24) is 24.6 Å². The molecule has 0 N–H and O–H groups in total. The molecule has 168 valence electrons. The standard InChI is InChI=1S/C24H28FN5OS/c1-15-13-18(7-8-19(15)25)23-27-24(17-5-3-4-6-17)30(28-23)14-22(31)29-11-9-20-21(10-12-29)32-16(2)26-20/h7-8,13,17H,3-6,9-12,14H2,1-2H3. The van der Waals surface area contributed by atoms with Gasteiger partial charge in [0.05, 0.1) is 10.7 Å². The van der Waals surface area contributed by atoms with E-state index in [1.165, 1.54) is 23.8 Å². The predicted octanol–water partition coefficient (Wildman–Crippen LogP) is 4.44. The summed E-state index contributed by atoms with van der Waals surface area (Å²) in [5.41, 5.74) is 2.50. The van der Waals surface area contributed by atoms with E-state index in [1.54, 1.807) is 35.1 Å². The first-order valence-corrected chi connectivity index (χ1v) is 12.2. The monoisotopic (exact) mass is 453 g/mol. The first-order chi connectivity index (χ1) is 15.5. The van der Waals surface area contributed by atoms with Crippen molar-refractivity contribution in [3.63, 3.8) is 0 Å². The fourth-order valence-electron chi connectivity index (χ4n) is 4.83. The van der Waals surface area contributed by atoms with Gasteiger partial charge in [-0.05, 0) is 50.5 Å². The Morgan fingerprint density at radius 3 is 2.72 bits per heavy atom. The van der Waals surface area contributed by atoms with Crippen LogP contribution < -0.4 is 0 Å². The van der Waals surface area contributed by atoms with Gasteiger partial charge in [-0.1, -0.05) is 12.8 Å². The van der Waals surface area contributed by atoms with E-state index in [0.29, 0.717) is 30.4 Å². The van der Waals surface area contributed by atoms with Crippen LogP contribution in [0.25, 0.3) is 11.4 Å². The lowest BCUT2D eigenvalue weighted by molar-refractivity contribution is -0.132. The number of carbonyl (C=O) groups excluding carboxylic acids is 1. The molecular formula is C24H28FN5OS. The van der Waals surface area contributed by atoms with Gasteiger partial charge in [0.2, 0.25) is 5.91 Å². The van der Waals surface area contributed by atoms with Crippen LogP contribution in [0.2, 0.25) is 0 Å². The van der Waals surface area contributed by atoms with Crippen molar-refractivity contribution < 1.29 is 9.18 Å². The summed E-state index contributed by atoms with van der Waals surface area (Å²) in [6, 6.07) is 4.94. The van der Waals surface area contributed by atoms with E-state index in [1.807, 2.05) is 11.8 Å². The molecule has 0 unspecified atom stereocenters. The molecule has 1 aliphatic carbocycles. The van der Waals surface area contributed by atoms with Crippen LogP contribution in [0.5, 0.6) is 0 Å². The topological polar surface area (TPSA) is 63.9 Å². The minimum absolute atomic E-state index is 0.0721. The molecule has 3 heterocycles. The van der Waals surface area contributed by atoms with E-state index >= 15 is 0 Å². The van der Waals surface area contributed by atoms with E-state index in [0.717, 1.165) is 47.8 Å². The highest BCUT2D eigenvalue weighted by Gasteiger charge is 2.27. The van der Waals surface area contributed by atoms with E-state index in [-0.39, 0.29) is 18.3 Å². The SMILES string of the molecule is Cc1nc2c(s1)CCN(C(=O)Cn1nc(-c3ccc(F)c(C)c3)nc1C1CCCC1)CC2. The van der Waals surface area contributed by atoms with Gasteiger partial charge in [-0.2, -0.15) is 5.10 Å². The zero-order valence-electron chi connectivity index (χ0n) is 18.6. The summed E-state index contributed by atoms with van der Waals surface area (Å²) in [7, 11) is 0. The lowest BCUT2D eigenvalue weighted by Crippen LogP contribution is -2.36. The maximum atomic E-state index is 13.8. The van der Waals surface area contributed by atoms with Gasteiger partial charge < -0.3 is 4.90 Å². The maximum absolute atomic E-state index is 13.8. The van der Waals surface area contributed by atoms with Crippen LogP contribution in [0.4, 0.5) is 4.39 Å². The third-order valence-electron chi connectivity index (χ3n) is 6.59. The Balaban J connectivity index is 1.38. The van der Waals surface area contributed by atoms with Crippen LogP contribution in [0.15, 0.2) is 18.2 Å². The van der Waals surface area contributed by atoms with Crippen molar-refractivity contribution in [2.75, 3.05) is 13.1 Å². The first kappa shape index (κ1) is 21.2. The van der Waals surface area contributed by atoms with Crippen molar-refractivity contribution in [3.05, 3.63) is 51.0 Å². The normalized spacial score (nSPS) is 16.9. The molecule has 1 saturated carbocycles. The molecular weight excluding hydrogens is 425 g/mol. The van der Waals surface area contributed by atoms with Crippen molar-refractivity contribution in [2.45, 2.75) is 64.8 Å². The van der Waals surface area contributed by atoms with Gasteiger partial charge >= 0.3 is 0 Å². The summed E-state index contributed by atoms with van der Waals surface area (Å²) < 4.78 is 15.6. The van der Waals surface area contributed by atoms with Crippen molar-refractivity contribution in [2.24, 2.45) is 0 Å². The summed E-state index contributed by atoms with van der Waals surface area (Å²) in [6.07, 6.45) is 6.17. The summed E-state index contributed by atoms with van der Waals surface area (Å²) in [4.78, 5) is 25.9. The second-order valence-electron chi connectivity index (χ2n) is 8.88. The number of benzene rings is 1. The highest BCUT2D eigenvalue weighted by atomic mass is 32.1. The molecule has 3 aromatic rings. The van der Waals surface area contributed by atoms with Crippen molar-refractivity contribution in [3.8, 4) is 11.4 Å². The maximum Gasteiger partial charge on any atom is 0.244 e. The van der Waals surface area contributed by atoms with Crippen LogP contribution in [-0.2, 0) is 24.2 Å². The highest BCUT2D eigenvalue weighted by Crippen LogP contribution is 2.34. The molecule has 2 aromatic heterocycles. The lowest BCUT2D eigenvalue weighted by atomic mass is 10.1. The minimum atomic E-state index is -0.237. The summed E-state index contributed by atoms with van der Waals surface area (Å²) in [6.45, 7) is 5.37. The van der Waals surface area contributed by atoms with Gasteiger partial charge in [0.25, 0.3) is 0 Å². The molecule has 6 nitrogen and oxygen atoms in total. The van der Waals surface area contributed by atoms with Gasteiger partial charge in [0, 0.05) is 42.3 Å². The van der Waals surface area contributed by atoms with E-state index in [4.69, 9.17) is 10.1 Å². The average Bonchev–Trinajstić information content (AvgIpc) is 3.48. The number of aryl methyl sites for hydroxylation is 2. The number of hydrogen-bond donors (Lipinski definition) is 0. The number of nitrogens with zero attached hydrogens (tertiary/aromatic N) is 5. The highest BCUT2D eigenvalue weighted by molar-refractivity contribution is 7.11. The van der Waals surface area contributed by atoms with Crippen LogP contribution >= 0.6 is 11.3 Å². The Labute approximate surface area is 191 Å². The second-order valence-corrected chi connectivity index (χ2v) is 10.2. The van der Waals surface area contributed by atoms with Gasteiger partial charge in [-0.15, -0.1) is 11.3 Å². The smallest absolute Gasteiger partial charge is 0.244 e. The van der Waals surface area contributed by atoms with Crippen molar-refractivity contribution >= 4 is 17.2 Å². The average molecular weight is 454 g/mol. The number of hydrogen-bond acceptors (Lipinski definition) is 5. The third-order valence-corrected chi connectivity index (χ3v) is 7.66. The van der Waals surface area contributed by atoms with Gasteiger partial charge in [0.15, 0.2) is 5.82 Å². The molecule has 32 heavy (non-hydrogen) atoms. The molecule has 0 atom stereocenters. The summed E-state index contributed by atoms with van der Waals surface area (Å²) in [5.74, 6) is 1.62. The summed E-state index contributed by atoms with van der Waals surface area (Å²) in [5, 5.41) is 5.82. The molecule has 1 fully saturated rings. The van der Waals surface area contributed by atoms with E-state index in [9.17, 15) is 9.18 Å². The van der Waals surface area contributed by atoms with Crippen LogP contribution in [0.1, 0.15) is 58.6 Å². The number of halogens is 1. The van der Waals surface area contributed by atoms with Gasteiger partial charge in [-0.3, -0.25) is 4.79 Å². The Hall–Kier alpha value is -2.61. The Kier molecular flexibility index (Phi) is 5.80. The lowest BCUT2D eigenvalue weighted by Gasteiger charge is -2.21. The third kappa shape index (κ3) is 4.20. The number of carbonyl (C=O) groups is 1. The minimum Gasteiger partial charge on any atom is -0.340 e. The molecule has 1 aromatic carbocycles. The molecule has 1 amide bonds. The van der Waals surface area contributed by atoms with E-state index < -0.39 is 0 Å². The largest absolute Gasteiger partial charge is 0.340 e. The number of thiazole rings is 1. The molecule has 8 heteroatoms. The van der Waals surface area contributed by atoms with Gasteiger partial charge in [0.1, 0.15) is 18.2 Å². The number of amides is 1. The molecule has 1 aliphatic heterocycles. The van der Waals surface area contributed by atoms with Crippen molar-refractivity contribution in [1.29, 1.82) is 0 Å². The second kappa shape index (κ2) is 8.73. The zero-order chi connectivity index (χ0) is 22.2. The quantitative estimate of drug-likeness (QED) is 0.586. The number of fused-ring (bicyclic) bond motifs is 1. The fourth-order valence-corrected chi connectivity index (χ4v) is 5.80. The van der Waals surface area contributed by atoms with Crippen LogP contribution in [0, 0.1) is 19.7 Å². The molecule has 2 aliphatic rings. The van der Waals surface area contributed by atoms with Crippen LogP contribution in [-0.4, -0.2) is 43.6 Å². The molecule has 0 bridgehead atoms. The Bertz CT molecular complexity index is 1120. The number of rotatable bonds is 4. The fraction of sp³-hybridized carbons (Fsp3) is 0.500. The Morgan fingerprint density at radius 2 is 1.94 bits per heavy atom. The van der Waals surface area contributed by atoms with Crippen LogP contribution in [0.3, 0.4) is 0 Å². The van der Waals surface area contributed by atoms with Gasteiger partial charge in [-0.25, -0.2) is 19.0 Å². The molecule has 0 saturated heterocycles. The Morgan fingerprint density at radius 1 is 1.16 bits per heavy atom. The molecule has 5 rings (SSSR count). The zero-order valence-corrected chi connectivity index (χ0v) is 19.4. The van der Waals surface area contributed by atoms with E-state index in [2.05, 4.69) is 4.98 Å². The predicted molar refractivity (Wildman–Crippen MR) is 122 cm³/mol. The summed E-state index contributed by atoms with van der Waals surface area (Å²) >= 11 is 1.74. The first-order valence-electron chi connectivity index (χ1n) is 11.4. The number of aromatic nitrogens is 4. The molecule has 0 spiro atoms. The molecule has 0 radical (unpaired) electrons.